The van der Waals surface area contributed by atoms with Gasteiger partial charge in [-0.2, -0.15) is 0 Å². The van der Waals surface area contributed by atoms with E-state index in [1.54, 1.807) is 6.92 Å². The lowest BCUT2D eigenvalue weighted by Gasteiger charge is -2.22. The van der Waals surface area contributed by atoms with Gasteiger partial charge in [-0.25, -0.2) is 0 Å². The van der Waals surface area contributed by atoms with Crippen molar-refractivity contribution in [1.82, 2.24) is 10.6 Å². The zero-order valence-corrected chi connectivity index (χ0v) is 11.8. The highest BCUT2D eigenvalue weighted by Crippen LogP contribution is 2.07. The van der Waals surface area contributed by atoms with Crippen LogP contribution in [0.4, 0.5) is 0 Å². The van der Waals surface area contributed by atoms with E-state index in [0.717, 1.165) is 6.42 Å². The van der Waals surface area contributed by atoms with Crippen molar-refractivity contribution in [3.8, 4) is 0 Å². The summed E-state index contributed by atoms with van der Waals surface area (Å²) in [5, 5.41) is 5.22. The van der Waals surface area contributed by atoms with Crippen LogP contribution >= 0.6 is 12.4 Å². The average molecular weight is 266 g/mol. The first-order chi connectivity index (χ1) is 7.29. The molecule has 0 aromatic carbocycles. The molecular weight excluding hydrogens is 242 g/mol. The molecule has 0 spiro atoms. The molecule has 0 fully saturated rings. The van der Waals surface area contributed by atoms with Gasteiger partial charge in [0.2, 0.25) is 11.8 Å². The lowest BCUT2D eigenvalue weighted by atomic mass is 9.96. The first-order valence-electron chi connectivity index (χ1n) is 5.66. The second-order valence-electron chi connectivity index (χ2n) is 4.57. The number of carbonyl (C=O) groups excluding carboxylic acids is 2. The molecule has 1 atom stereocenters. The molecule has 4 N–H and O–H groups in total. The molecule has 0 aromatic heterocycles. The summed E-state index contributed by atoms with van der Waals surface area (Å²) in [4.78, 5) is 22.9. The Morgan fingerprint density at radius 1 is 1.35 bits per heavy atom. The van der Waals surface area contributed by atoms with E-state index in [0.29, 0.717) is 6.42 Å². The summed E-state index contributed by atoms with van der Waals surface area (Å²) in [7, 11) is 0. The van der Waals surface area contributed by atoms with Crippen LogP contribution in [0.25, 0.3) is 0 Å². The van der Waals surface area contributed by atoms with Crippen molar-refractivity contribution in [1.29, 1.82) is 0 Å². The Morgan fingerprint density at radius 2 is 1.88 bits per heavy atom. The molecule has 0 heterocycles. The van der Waals surface area contributed by atoms with Crippen molar-refractivity contribution in [2.45, 2.75) is 52.1 Å². The van der Waals surface area contributed by atoms with Crippen molar-refractivity contribution < 1.29 is 9.59 Å². The maximum Gasteiger partial charge on any atom is 0.240 e. The minimum Gasteiger partial charge on any atom is -0.352 e. The number of nitrogens with one attached hydrogen (secondary N) is 2. The molecule has 6 heteroatoms. The number of rotatable bonds is 6. The molecule has 102 valence electrons. The highest BCUT2D eigenvalue weighted by molar-refractivity contribution is 5.89. The second-order valence-corrected chi connectivity index (χ2v) is 4.57. The van der Waals surface area contributed by atoms with Gasteiger partial charge in [0.1, 0.15) is 0 Å². The summed E-state index contributed by atoms with van der Waals surface area (Å²) in [6.45, 7) is 7.34. The second kappa shape index (κ2) is 8.31. The highest BCUT2D eigenvalue weighted by Gasteiger charge is 2.27. The quantitative estimate of drug-likeness (QED) is 0.656. The zero-order chi connectivity index (χ0) is 12.8. The minimum absolute atomic E-state index is 0. The summed E-state index contributed by atoms with van der Waals surface area (Å²) < 4.78 is 0. The third-order valence-electron chi connectivity index (χ3n) is 2.15. The molecule has 0 rings (SSSR count). The van der Waals surface area contributed by atoms with Crippen LogP contribution in [0.2, 0.25) is 0 Å². The number of nitrogens with two attached hydrogens (primary N) is 1. The molecular formula is C11H24ClN3O2. The van der Waals surface area contributed by atoms with E-state index in [9.17, 15) is 9.59 Å². The Morgan fingerprint density at radius 3 is 2.29 bits per heavy atom. The van der Waals surface area contributed by atoms with Gasteiger partial charge in [-0.1, -0.05) is 13.3 Å². The number of halogens is 1. The molecule has 1 unspecified atom stereocenters. The summed E-state index contributed by atoms with van der Waals surface area (Å²) in [5.74, 6) is -0.482. The summed E-state index contributed by atoms with van der Waals surface area (Å²) in [6, 6.07) is 0.0734. The number of hydrogen-bond acceptors (Lipinski definition) is 3. The smallest absolute Gasteiger partial charge is 0.240 e. The monoisotopic (exact) mass is 265 g/mol. The molecule has 5 nitrogen and oxygen atoms in total. The molecule has 0 bridgehead atoms. The highest BCUT2D eigenvalue weighted by atomic mass is 35.5. The lowest BCUT2D eigenvalue weighted by molar-refractivity contribution is -0.129. The van der Waals surface area contributed by atoms with Crippen LogP contribution in [0.15, 0.2) is 0 Å². The van der Waals surface area contributed by atoms with E-state index in [2.05, 4.69) is 10.6 Å². The van der Waals surface area contributed by atoms with Gasteiger partial charge in [0.15, 0.2) is 0 Å². The summed E-state index contributed by atoms with van der Waals surface area (Å²) in [6.07, 6.45) is 1.43. The average Bonchev–Trinajstić information content (AvgIpc) is 2.12. The van der Waals surface area contributed by atoms with Crippen molar-refractivity contribution in [2.75, 3.05) is 6.54 Å². The van der Waals surface area contributed by atoms with Crippen molar-refractivity contribution in [2.24, 2.45) is 5.73 Å². The Balaban J connectivity index is 0. The fourth-order valence-corrected chi connectivity index (χ4v) is 1.37. The third-order valence-corrected chi connectivity index (χ3v) is 2.15. The van der Waals surface area contributed by atoms with E-state index in [1.165, 1.54) is 0 Å². The fraction of sp³-hybridized carbons (Fsp3) is 0.818. The molecule has 0 aliphatic rings. The van der Waals surface area contributed by atoms with Gasteiger partial charge in [0, 0.05) is 6.04 Å². The zero-order valence-electron chi connectivity index (χ0n) is 11.0. The Labute approximate surface area is 109 Å². The molecule has 0 aromatic rings. The number of amides is 2. The standard InChI is InChI=1S/C11H23N3O2.ClH/c1-5-6-11(4,12)10(16)13-7-9(15)14-8(2)3;/h8H,5-7,12H2,1-4H3,(H,13,16)(H,14,15);1H. The number of hydrogen-bond donors (Lipinski definition) is 3. The van der Waals surface area contributed by atoms with E-state index >= 15 is 0 Å². The molecule has 0 aliphatic carbocycles. The largest absolute Gasteiger partial charge is 0.352 e. The molecule has 0 aliphatic heterocycles. The third kappa shape index (κ3) is 7.99. The van der Waals surface area contributed by atoms with Gasteiger partial charge in [-0.3, -0.25) is 9.59 Å². The van der Waals surface area contributed by atoms with E-state index in [4.69, 9.17) is 5.73 Å². The van der Waals surface area contributed by atoms with Crippen LogP contribution in [-0.4, -0.2) is 29.9 Å². The molecule has 17 heavy (non-hydrogen) atoms. The van der Waals surface area contributed by atoms with Crippen LogP contribution in [0.5, 0.6) is 0 Å². The van der Waals surface area contributed by atoms with Crippen LogP contribution in [0.1, 0.15) is 40.5 Å². The Bertz CT molecular complexity index is 255. The van der Waals surface area contributed by atoms with E-state index < -0.39 is 5.54 Å². The summed E-state index contributed by atoms with van der Waals surface area (Å²) >= 11 is 0. The normalized spacial score (nSPS) is 13.5. The van der Waals surface area contributed by atoms with Crippen LogP contribution in [0, 0.1) is 0 Å². The van der Waals surface area contributed by atoms with Gasteiger partial charge in [0.25, 0.3) is 0 Å². The maximum absolute atomic E-state index is 11.6. The topological polar surface area (TPSA) is 84.2 Å². The fourth-order valence-electron chi connectivity index (χ4n) is 1.37. The predicted octanol–water partition coefficient (Wildman–Crippen LogP) is 0.567. The van der Waals surface area contributed by atoms with Gasteiger partial charge in [-0.05, 0) is 27.2 Å². The van der Waals surface area contributed by atoms with Crippen molar-refractivity contribution in [3.05, 3.63) is 0 Å². The maximum atomic E-state index is 11.6. The molecule has 0 saturated heterocycles. The van der Waals surface area contributed by atoms with E-state index in [1.807, 2.05) is 20.8 Å². The molecule has 2 amide bonds. The van der Waals surface area contributed by atoms with Crippen molar-refractivity contribution in [3.63, 3.8) is 0 Å². The van der Waals surface area contributed by atoms with Crippen LogP contribution in [-0.2, 0) is 9.59 Å². The molecule has 0 saturated carbocycles. The lowest BCUT2D eigenvalue weighted by Crippen LogP contribution is -2.53. The Kier molecular flexibility index (Phi) is 9.06. The SMILES string of the molecule is CCCC(C)(N)C(=O)NCC(=O)NC(C)C.Cl. The van der Waals surface area contributed by atoms with Gasteiger partial charge in [-0.15, -0.1) is 12.4 Å². The minimum atomic E-state index is -0.896. The van der Waals surface area contributed by atoms with Crippen molar-refractivity contribution >= 4 is 24.2 Å². The van der Waals surface area contributed by atoms with Gasteiger partial charge >= 0.3 is 0 Å². The first kappa shape index (κ1) is 18.6. The summed E-state index contributed by atoms with van der Waals surface area (Å²) in [5.41, 5.74) is 4.92. The molecule has 0 radical (unpaired) electrons. The van der Waals surface area contributed by atoms with Crippen LogP contribution in [0.3, 0.4) is 0 Å². The number of carbonyl (C=O) groups is 2. The Hall–Kier alpha value is -0.810. The van der Waals surface area contributed by atoms with Gasteiger partial charge < -0.3 is 16.4 Å². The van der Waals surface area contributed by atoms with E-state index in [-0.39, 0.29) is 36.8 Å². The van der Waals surface area contributed by atoms with Crippen LogP contribution < -0.4 is 16.4 Å². The predicted molar refractivity (Wildman–Crippen MR) is 71.0 cm³/mol. The first-order valence-corrected chi connectivity index (χ1v) is 5.66. The van der Waals surface area contributed by atoms with Gasteiger partial charge in [0.05, 0.1) is 12.1 Å².